The number of hydrogen-bond donors (Lipinski definition) is 2. The second-order valence-electron chi connectivity index (χ2n) is 5.82. The summed E-state index contributed by atoms with van der Waals surface area (Å²) in [4.78, 5) is 24.2. The Hall–Kier alpha value is -2.37. The van der Waals surface area contributed by atoms with Crippen LogP contribution in [0, 0.1) is 5.82 Å². The molecule has 5 nitrogen and oxygen atoms in total. The first-order chi connectivity index (χ1) is 11.5. The van der Waals surface area contributed by atoms with Crippen LogP contribution in [-0.2, 0) is 9.53 Å². The lowest BCUT2D eigenvalue weighted by molar-refractivity contribution is -0.139. The molecule has 2 amide bonds. The number of hydrogen-bond acceptors (Lipinski definition) is 3. The number of unbranched alkanes of at least 4 members (excludes halogenated alkanes) is 3. The summed E-state index contributed by atoms with van der Waals surface area (Å²) in [7, 11) is 0. The lowest BCUT2D eigenvalue weighted by Crippen LogP contribution is -2.45. The third-order valence-corrected chi connectivity index (χ3v) is 3.92. The van der Waals surface area contributed by atoms with Gasteiger partial charge in [0.05, 0.1) is 18.2 Å². The van der Waals surface area contributed by atoms with E-state index in [-0.39, 0.29) is 5.82 Å². The fraction of sp³-hybridized carbons (Fsp3) is 0.444. The fourth-order valence-electron chi connectivity index (χ4n) is 2.64. The highest BCUT2D eigenvalue weighted by molar-refractivity contribution is 5.95. The van der Waals surface area contributed by atoms with Crippen LogP contribution >= 0.6 is 0 Å². The Kier molecular flexibility index (Phi) is 6.35. The van der Waals surface area contributed by atoms with Gasteiger partial charge in [0, 0.05) is 5.70 Å². The predicted octanol–water partition coefficient (Wildman–Crippen LogP) is 3.58. The zero-order valence-corrected chi connectivity index (χ0v) is 14.0. The number of halogens is 1. The highest BCUT2D eigenvalue weighted by Gasteiger charge is 2.32. The number of rotatable bonds is 7. The van der Waals surface area contributed by atoms with E-state index in [1.54, 1.807) is 19.1 Å². The van der Waals surface area contributed by atoms with Gasteiger partial charge in [-0.25, -0.2) is 14.0 Å². The Bertz CT molecular complexity index is 626. The molecule has 1 aliphatic heterocycles. The topological polar surface area (TPSA) is 67.4 Å². The molecule has 1 aromatic carbocycles. The maximum atomic E-state index is 13.1. The van der Waals surface area contributed by atoms with Gasteiger partial charge in [0.1, 0.15) is 5.82 Å². The summed E-state index contributed by atoms with van der Waals surface area (Å²) in [6.45, 7) is 4.12. The fourth-order valence-corrected chi connectivity index (χ4v) is 2.64. The van der Waals surface area contributed by atoms with Gasteiger partial charge in [0.25, 0.3) is 0 Å². The summed E-state index contributed by atoms with van der Waals surface area (Å²) in [5, 5.41) is 5.28. The molecule has 0 radical (unpaired) electrons. The molecule has 6 heteroatoms. The molecule has 2 N–H and O–H groups in total. The summed E-state index contributed by atoms with van der Waals surface area (Å²) in [6.07, 6.45) is 4.04. The molecule has 0 aromatic heterocycles. The van der Waals surface area contributed by atoms with Crippen LogP contribution in [0.3, 0.4) is 0 Å². The van der Waals surface area contributed by atoms with Crippen LogP contribution in [0.25, 0.3) is 0 Å². The quantitative estimate of drug-likeness (QED) is 0.592. The van der Waals surface area contributed by atoms with Crippen molar-refractivity contribution in [2.24, 2.45) is 0 Å². The number of amides is 2. The standard InChI is InChI=1S/C18H23FN2O3/c1-3-4-5-6-11-24-17(22)15-12(2)20-18(23)21-16(15)13-7-9-14(19)10-8-13/h7-10,16H,3-6,11H2,1-2H3,(H2,20,21,23)/t16-/m1/s1. The van der Waals surface area contributed by atoms with Crippen molar-refractivity contribution in [1.82, 2.24) is 10.6 Å². The van der Waals surface area contributed by atoms with Crippen molar-refractivity contribution >= 4 is 12.0 Å². The maximum absolute atomic E-state index is 13.1. The molecular formula is C18H23FN2O3. The second-order valence-corrected chi connectivity index (χ2v) is 5.82. The molecule has 1 aromatic rings. The smallest absolute Gasteiger partial charge is 0.338 e. The third-order valence-electron chi connectivity index (χ3n) is 3.92. The lowest BCUT2D eigenvalue weighted by atomic mass is 9.95. The minimum Gasteiger partial charge on any atom is -0.462 e. The van der Waals surface area contributed by atoms with Crippen LogP contribution in [0.15, 0.2) is 35.5 Å². The van der Waals surface area contributed by atoms with E-state index in [0.29, 0.717) is 23.4 Å². The Balaban J connectivity index is 2.13. The number of carbonyl (C=O) groups is 2. The number of benzene rings is 1. The van der Waals surface area contributed by atoms with Crippen LogP contribution in [0.5, 0.6) is 0 Å². The SMILES string of the molecule is CCCCCCOC(=O)C1=C(C)NC(=O)N[C@@H]1c1ccc(F)cc1. The Morgan fingerprint density at radius 3 is 2.58 bits per heavy atom. The highest BCUT2D eigenvalue weighted by atomic mass is 19.1. The zero-order valence-electron chi connectivity index (χ0n) is 14.0. The third kappa shape index (κ3) is 4.57. The molecule has 1 heterocycles. The van der Waals surface area contributed by atoms with Crippen molar-refractivity contribution in [2.75, 3.05) is 6.61 Å². The highest BCUT2D eigenvalue weighted by Crippen LogP contribution is 2.27. The molecule has 24 heavy (non-hydrogen) atoms. The number of allylic oxidation sites excluding steroid dienone is 1. The van der Waals surface area contributed by atoms with E-state index in [1.807, 2.05) is 0 Å². The molecule has 1 atom stereocenters. The molecule has 0 saturated carbocycles. The van der Waals surface area contributed by atoms with Crippen molar-refractivity contribution in [3.8, 4) is 0 Å². The van der Waals surface area contributed by atoms with Crippen molar-refractivity contribution in [2.45, 2.75) is 45.6 Å². The molecule has 0 saturated heterocycles. The summed E-state index contributed by atoms with van der Waals surface area (Å²) in [5.74, 6) is -0.842. The van der Waals surface area contributed by atoms with Crippen molar-refractivity contribution < 1.29 is 18.7 Å². The summed E-state index contributed by atoms with van der Waals surface area (Å²) < 4.78 is 18.5. The first-order valence-electron chi connectivity index (χ1n) is 8.23. The average Bonchev–Trinajstić information content (AvgIpc) is 2.54. The van der Waals surface area contributed by atoms with Gasteiger partial charge in [-0.3, -0.25) is 0 Å². The molecular weight excluding hydrogens is 311 g/mol. The van der Waals surface area contributed by atoms with Gasteiger partial charge in [0.2, 0.25) is 0 Å². The van der Waals surface area contributed by atoms with Gasteiger partial charge in [-0.2, -0.15) is 0 Å². The largest absolute Gasteiger partial charge is 0.462 e. The molecule has 0 aliphatic carbocycles. The monoisotopic (exact) mass is 334 g/mol. The van der Waals surface area contributed by atoms with E-state index >= 15 is 0 Å². The van der Waals surface area contributed by atoms with Crippen molar-refractivity contribution in [3.05, 3.63) is 46.9 Å². The number of urea groups is 1. The number of nitrogens with one attached hydrogen (secondary N) is 2. The van der Waals surface area contributed by atoms with Gasteiger partial charge in [0.15, 0.2) is 0 Å². The summed E-state index contributed by atoms with van der Waals surface area (Å²) in [5.41, 5.74) is 1.42. The van der Waals surface area contributed by atoms with Crippen LogP contribution in [0.2, 0.25) is 0 Å². The Morgan fingerprint density at radius 1 is 1.21 bits per heavy atom. The van der Waals surface area contributed by atoms with Gasteiger partial charge < -0.3 is 15.4 Å². The Labute approximate surface area is 141 Å². The first-order valence-corrected chi connectivity index (χ1v) is 8.23. The number of carbonyl (C=O) groups excluding carboxylic acids is 2. The van der Waals surface area contributed by atoms with E-state index in [2.05, 4.69) is 17.6 Å². The van der Waals surface area contributed by atoms with E-state index in [9.17, 15) is 14.0 Å². The molecule has 0 bridgehead atoms. The predicted molar refractivity (Wildman–Crippen MR) is 88.6 cm³/mol. The van der Waals surface area contributed by atoms with Crippen LogP contribution < -0.4 is 10.6 Å². The lowest BCUT2D eigenvalue weighted by Gasteiger charge is -2.28. The van der Waals surface area contributed by atoms with E-state index in [1.165, 1.54) is 12.1 Å². The molecule has 0 unspecified atom stereocenters. The average molecular weight is 334 g/mol. The van der Waals surface area contributed by atoms with Crippen LogP contribution in [-0.4, -0.2) is 18.6 Å². The second kappa shape index (κ2) is 8.47. The van der Waals surface area contributed by atoms with Gasteiger partial charge >= 0.3 is 12.0 Å². The molecule has 130 valence electrons. The van der Waals surface area contributed by atoms with Gasteiger partial charge in [-0.15, -0.1) is 0 Å². The molecule has 1 aliphatic rings. The van der Waals surface area contributed by atoms with Gasteiger partial charge in [-0.1, -0.05) is 38.3 Å². The normalized spacial score (nSPS) is 17.3. The van der Waals surface area contributed by atoms with E-state index in [0.717, 1.165) is 25.7 Å². The van der Waals surface area contributed by atoms with Gasteiger partial charge in [-0.05, 0) is 31.0 Å². The number of ether oxygens (including phenoxy) is 1. The first kappa shape index (κ1) is 18.0. The van der Waals surface area contributed by atoms with Crippen LogP contribution in [0.1, 0.15) is 51.1 Å². The molecule has 2 rings (SSSR count). The van der Waals surface area contributed by atoms with E-state index < -0.39 is 18.0 Å². The maximum Gasteiger partial charge on any atom is 0.338 e. The van der Waals surface area contributed by atoms with Crippen LogP contribution in [0.4, 0.5) is 9.18 Å². The molecule has 0 spiro atoms. The minimum absolute atomic E-state index is 0.344. The number of esters is 1. The van der Waals surface area contributed by atoms with Crippen molar-refractivity contribution in [1.29, 1.82) is 0 Å². The van der Waals surface area contributed by atoms with Crippen molar-refractivity contribution in [3.63, 3.8) is 0 Å². The summed E-state index contributed by atoms with van der Waals surface area (Å²) >= 11 is 0. The molecule has 0 fully saturated rings. The minimum atomic E-state index is -0.650. The Morgan fingerprint density at radius 2 is 1.92 bits per heavy atom. The zero-order chi connectivity index (χ0) is 17.5. The summed E-state index contributed by atoms with van der Waals surface area (Å²) in [6, 6.07) is 4.64. The van der Waals surface area contributed by atoms with E-state index in [4.69, 9.17) is 4.74 Å².